The van der Waals surface area contributed by atoms with E-state index in [0.717, 1.165) is 11.3 Å². The average molecular weight is 167 g/mol. The quantitative estimate of drug-likeness (QED) is 0.645. The minimum Gasteiger partial charge on any atom is -0.497 e. The summed E-state index contributed by atoms with van der Waals surface area (Å²) in [5.41, 5.74) is 6.21. The van der Waals surface area contributed by atoms with Crippen molar-refractivity contribution in [2.45, 2.75) is 12.6 Å². The second-order valence-corrected chi connectivity index (χ2v) is 2.62. The second kappa shape index (κ2) is 4.09. The minimum atomic E-state index is -0.794. The lowest BCUT2D eigenvalue weighted by Crippen LogP contribution is -2.21. The van der Waals surface area contributed by atoms with Gasteiger partial charge in [0.15, 0.2) is 0 Å². The first-order valence-electron chi connectivity index (χ1n) is 3.79. The molecule has 1 aromatic rings. The van der Waals surface area contributed by atoms with E-state index in [1.807, 2.05) is 24.3 Å². The first-order valence-corrected chi connectivity index (χ1v) is 3.79. The van der Waals surface area contributed by atoms with Gasteiger partial charge >= 0.3 is 0 Å². The van der Waals surface area contributed by atoms with Gasteiger partial charge in [0.1, 0.15) is 12.0 Å². The Hall–Kier alpha value is -1.06. The molecule has 1 atom stereocenters. The van der Waals surface area contributed by atoms with Gasteiger partial charge in [0.25, 0.3) is 0 Å². The van der Waals surface area contributed by atoms with Gasteiger partial charge in [0.2, 0.25) is 0 Å². The number of hydrogen-bond acceptors (Lipinski definition) is 3. The molecule has 0 aliphatic rings. The van der Waals surface area contributed by atoms with Crippen LogP contribution in [-0.2, 0) is 6.42 Å². The summed E-state index contributed by atoms with van der Waals surface area (Å²) in [5.74, 6) is 0.785. The highest BCUT2D eigenvalue weighted by Crippen LogP contribution is 2.12. The van der Waals surface area contributed by atoms with Crippen LogP contribution in [0.1, 0.15) is 5.56 Å². The molecule has 0 bridgehead atoms. The van der Waals surface area contributed by atoms with Crippen LogP contribution in [0.3, 0.4) is 0 Å². The molecule has 0 radical (unpaired) electrons. The first kappa shape index (κ1) is 9.03. The van der Waals surface area contributed by atoms with Crippen LogP contribution in [-0.4, -0.2) is 18.4 Å². The molecule has 0 aliphatic heterocycles. The number of aliphatic hydroxyl groups is 1. The molecular weight excluding hydrogens is 154 g/mol. The van der Waals surface area contributed by atoms with Gasteiger partial charge in [-0.2, -0.15) is 0 Å². The Morgan fingerprint density at radius 1 is 1.58 bits per heavy atom. The Morgan fingerprint density at radius 3 is 2.92 bits per heavy atom. The van der Waals surface area contributed by atoms with E-state index >= 15 is 0 Å². The molecule has 0 heterocycles. The third-order valence-electron chi connectivity index (χ3n) is 1.58. The zero-order chi connectivity index (χ0) is 8.97. The smallest absolute Gasteiger partial charge is 0.119 e. The molecular formula is C9H13NO2. The van der Waals surface area contributed by atoms with Gasteiger partial charge in [-0.1, -0.05) is 12.1 Å². The summed E-state index contributed by atoms with van der Waals surface area (Å²) in [4.78, 5) is 0. The van der Waals surface area contributed by atoms with Crippen LogP contribution in [0.4, 0.5) is 0 Å². The van der Waals surface area contributed by atoms with Crippen molar-refractivity contribution in [3.05, 3.63) is 29.8 Å². The molecule has 0 saturated heterocycles. The molecule has 3 heteroatoms. The number of methoxy groups -OCH3 is 1. The van der Waals surface area contributed by atoms with Crippen molar-refractivity contribution in [3.63, 3.8) is 0 Å². The van der Waals surface area contributed by atoms with Crippen LogP contribution in [0.5, 0.6) is 5.75 Å². The molecule has 1 unspecified atom stereocenters. The van der Waals surface area contributed by atoms with Crippen LogP contribution < -0.4 is 10.5 Å². The van der Waals surface area contributed by atoms with E-state index in [0.29, 0.717) is 6.42 Å². The Morgan fingerprint density at radius 2 is 2.33 bits per heavy atom. The van der Waals surface area contributed by atoms with Crippen molar-refractivity contribution in [1.82, 2.24) is 0 Å². The molecule has 66 valence electrons. The monoisotopic (exact) mass is 167 g/mol. The molecule has 0 aliphatic carbocycles. The number of nitrogens with two attached hydrogens (primary N) is 1. The van der Waals surface area contributed by atoms with Gasteiger partial charge in [-0.15, -0.1) is 0 Å². The lowest BCUT2D eigenvalue weighted by Gasteiger charge is -2.05. The summed E-state index contributed by atoms with van der Waals surface area (Å²) < 4.78 is 5.01. The predicted octanol–water partition coefficient (Wildman–Crippen LogP) is 0.515. The van der Waals surface area contributed by atoms with E-state index in [1.54, 1.807) is 7.11 Å². The summed E-state index contributed by atoms with van der Waals surface area (Å²) in [7, 11) is 1.61. The van der Waals surface area contributed by atoms with Crippen LogP contribution in [0.2, 0.25) is 0 Å². The van der Waals surface area contributed by atoms with Crippen molar-refractivity contribution >= 4 is 0 Å². The number of ether oxygens (including phenoxy) is 1. The zero-order valence-corrected chi connectivity index (χ0v) is 7.03. The Balaban J connectivity index is 2.72. The van der Waals surface area contributed by atoms with E-state index in [-0.39, 0.29) is 0 Å². The third kappa shape index (κ3) is 2.53. The molecule has 0 aromatic heterocycles. The lowest BCUT2D eigenvalue weighted by molar-refractivity contribution is 0.183. The molecule has 1 aromatic carbocycles. The molecule has 12 heavy (non-hydrogen) atoms. The molecule has 0 fully saturated rings. The van der Waals surface area contributed by atoms with Crippen molar-refractivity contribution in [2.24, 2.45) is 5.73 Å². The average Bonchev–Trinajstić information content (AvgIpc) is 2.03. The molecule has 3 nitrogen and oxygen atoms in total. The molecule has 0 amide bonds. The van der Waals surface area contributed by atoms with Gasteiger partial charge < -0.3 is 15.6 Å². The van der Waals surface area contributed by atoms with Crippen molar-refractivity contribution < 1.29 is 9.84 Å². The van der Waals surface area contributed by atoms with Gasteiger partial charge in [0, 0.05) is 6.42 Å². The summed E-state index contributed by atoms with van der Waals surface area (Å²) in [6.07, 6.45) is -0.339. The zero-order valence-electron chi connectivity index (χ0n) is 7.03. The van der Waals surface area contributed by atoms with Crippen molar-refractivity contribution in [3.8, 4) is 5.75 Å². The molecule has 0 spiro atoms. The summed E-state index contributed by atoms with van der Waals surface area (Å²) >= 11 is 0. The maximum atomic E-state index is 8.91. The maximum Gasteiger partial charge on any atom is 0.119 e. The topological polar surface area (TPSA) is 55.5 Å². The molecule has 1 rings (SSSR count). The number of benzene rings is 1. The second-order valence-electron chi connectivity index (χ2n) is 2.62. The van der Waals surface area contributed by atoms with Crippen LogP contribution in [0.15, 0.2) is 24.3 Å². The highest BCUT2D eigenvalue weighted by atomic mass is 16.5. The van der Waals surface area contributed by atoms with E-state index in [1.165, 1.54) is 0 Å². The van der Waals surface area contributed by atoms with Gasteiger partial charge in [0.05, 0.1) is 7.11 Å². The van der Waals surface area contributed by atoms with Gasteiger partial charge in [-0.3, -0.25) is 0 Å². The fraction of sp³-hybridized carbons (Fsp3) is 0.333. The summed E-state index contributed by atoms with van der Waals surface area (Å²) in [6, 6.07) is 7.48. The fourth-order valence-corrected chi connectivity index (χ4v) is 1.04. The standard InChI is InChI=1S/C9H13NO2/c1-12-8-4-2-3-7(5-8)6-9(10)11/h2-5,9,11H,6,10H2,1H3. The Bertz CT molecular complexity index is 248. The van der Waals surface area contributed by atoms with E-state index in [2.05, 4.69) is 0 Å². The molecule has 0 saturated carbocycles. The van der Waals surface area contributed by atoms with Crippen LogP contribution >= 0.6 is 0 Å². The number of hydrogen-bond donors (Lipinski definition) is 2. The van der Waals surface area contributed by atoms with Crippen LogP contribution in [0.25, 0.3) is 0 Å². The first-order chi connectivity index (χ1) is 5.72. The molecule has 3 N–H and O–H groups in total. The van der Waals surface area contributed by atoms with Gasteiger partial charge in [-0.25, -0.2) is 0 Å². The van der Waals surface area contributed by atoms with E-state index < -0.39 is 6.23 Å². The van der Waals surface area contributed by atoms with Gasteiger partial charge in [-0.05, 0) is 17.7 Å². The van der Waals surface area contributed by atoms with Crippen LogP contribution in [0, 0.1) is 0 Å². The van der Waals surface area contributed by atoms with Crippen molar-refractivity contribution in [1.29, 1.82) is 0 Å². The highest BCUT2D eigenvalue weighted by molar-refractivity contribution is 5.28. The number of rotatable bonds is 3. The maximum absolute atomic E-state index is 8.91. The van der Waals surface area contributed by atoms with E-state index in [9.17, 15) is 0 Å². The minimum absolute atomic E-state index is 0.456. The summed E-state index contributed by atoms with van der Waals surface area (Å²) in [5, 5.41) is 8.91. The lowest BCUT2D eigenvalue weighted by atomic mass is 10.1. The van der Waals surface area contributed by atoms with E-state index in [4.69, 9.17) is 15.6 Å². The summed E-state index contributed by atoms with van der Waals surface area (Å²) in [6.45, 7) is 0. The fourth-order valence-electron chi connectivity index (χ4n) is 1.04. The Labute approximate surface area is 71.8 Å². The number of aliphatic hydroxyl groups excluding tert-OH is 1. The predicted molar refractivity (Wildman–Crippen MR) is 46.9 cm³/mol. The largest absolute Gasteiger partial charge is 0.497 e. The highest BCUT2D eigenvalue weighted by Gasteiger charge is 1.99. The normalized spacial score (nSPS) is 12.6. The third-order valence-corrected chi connectivity index (χ3v) is 1.58. The SMILES string of the molecule is COc1cccc(CC(N)O)c1. The Kier molecular flexibility index (Phi) is 3.08. The van der Waals surface area contributed by atoms with Crippen molar-refractivity contribution in [2.75, 3.05) is 7.11 Å².